The van der Waals surface area contributed by atoms with Crippen LogP contribution in [0.25, 0.3) is 10.6 Å². The Bertz CT molecular complexity index is 1070. The minimum absolute atomic E-state index is 0.0578. The second-order valence-electron chi connectivity index (χ2n) is 6.73. The van der Waals surface area contributed by atoms with Crippen molar-refractivity contribution in [3.05, 3.63) is 59.1 Å². The lowest BCUT2D eigenvalue weighted by molar-refractivity contribution is -0.141. The smallest absolute Gasteiger partial charge is 0.406 e. The predicted octanol–water partition coefficient (Wildman–Crippen LogP) is 5.04. The second-order valence-corrected chi connectivity index (χ2v) is 7.59. The van der Waals surface area contributed by atoms with E-state index in [1.165, 1.54) is 26.7 Å². The number of alkyl halides is 3. The molecule has 0 bridgehead atoms. The van der Waals surface area contributed by atoms with Crippen LogP contribution in [0.3, 0.4) is 0 Å². The molecule has 0 saturated carbocycles. The fourth-order valence-corrected chi connectivity index (χ4v) is 3.79. The van der Waals surface area contributed by atoms with Crippen LogP contribution in [0, 0.1) is 0 Å². The first-order valence-corrected chi connectivity index (χ1v) is 10.3. The Morgan fingerprint density at radius 1 is 1.00 bits per heavy atom. The maximum absolute atomic E-state index is 13.2. The van der Waals surface area contributed by atoms with Crippen molar-refractivity contribution in [1.82, 2.24) is 9.88 Å². The summed E-state index contributed by atoms with van der Waals surface area (Å²) in [4.78, 5) is 17.9. The Morgan fingerprint density at radius 3 is 2.28 bits per heavy atom. The van der Waals surface area contributed by atoms with Crippen LogP contribution in [0.15, 0.2) is 47.8 Å². The van der Waals surface area contributed by atoms with Gasteiger partial charge in [-0.3, -0.25) is 4.79 Å². The second kappa shape index (κ2) is 9.90. The molecular formula is C22H21F3N2O4S. The zero-order chi connectivity index (χ0) is 23.3. The molecule has 0 atom stereocenters. The molecule has 1 aromatic heterocycles. The monoisotopic (exact) mass is 466 g/mol. The maximum atomic E-state index is 13.2. The van der Waals surface area contributed by atoms with E-state index in [0.29, 0.717) is 33.4 Å². The van der Waals surface area contributed by atoms with Crippen LogP contribution >= 0.6 is 11.3 Å². The van der Waals surface area contributed by atoms with Crippen LogP contribution in [-0.4, -0.2) is 49.8 Å². The summed E-state index contributed by atoms with van der Waals surface area (Å²) in [5, 5.41) is 1.93. The van der Waals surface area contributed by atoms with E-state index in [2.05, 4.69) is 4.98 Å². The largest absolute Gasteiger partial charge is 0.497 e. The zero-order valence-corrected chi connectivity index (χ0v) is 18.4. The molecule has 170 valence electrons. The van der Waals surface area contributed by atoms with E-state index in [4.69, 9.17) is 14.2 Å². The van der Waals surface area contributed by atoms with Gasteiger partial charge in [-0.25, -0.2) is 4.98 Å². The number of carbonyl (C=O) groups is 1. The molecule has 0 saturated heterocycles. The molecule has 32 heavy (non-hydrogen) atoms. The van der Waals surface area contributed by atoms with E-state index in [9.17, 15) is 18.0 Å². The highest BCUT2D eigenvalue weighted by Crippen LogP contribution is 2.34. The van der Waals surface area contributed by atoms with Crippen molar-refractivity contribution in [2.75, 3.05) is 27.9 Å². The highest BCUT2D eigenvalue weighted by atomic mass is 32.1. The molecular weight excluding hydrogens is 445 g/mol. The Morgan fingerprint density at radius 2 is 1.69 bits per heavy atom. The van der Waals surface area contributed by atoms with E-state index in [1.54, 1.807) is 42.5 Å². The summed E-state index contributed by atoms with van der Waals surface area (Å²) in [5.74, 6) is 0.772. The van der Waals surface area contributed by atoms with Gasteiger partial charge in [-0.15, -0.1) is 11.3 Å². The lowest BCUT2D eigenvalue weighted by Gasteiger charge is -2.23. The Kier molecular flexibility index (Phi) is 7.24. The fourth-order valence-electron chi connectivity index (χ4n) is 3.00. The van der Waals surface area contributed by atoms with Gasteiger partial charge in [0.15, 0.2) is 11.5 Å². The molecule has 0 aliphatic heterocycles. The van der Waals surface area contributed by atoms with Crippen molar-refractivity contribution in [2.24, 2.45) is 0 Å². The molecule has 10 heteroatoms. The van der Waals surface area contributed by atoms with Crippen molar-refractivity contribution in [3.63, 3.8) is 0 Å². The van der Waals surface area contributed by atoms with Crippen molar-refractivity contribution < 1.29 is 32.2 Å². The molecule has 0 fully saturated rings. The number of rotatable bonds is 8. The molecule has 0 radical (unpaired) electrons. The van der Waals surface area contributed by atoms with E-state index >= 15 is 0 Å². The SMILES string of the molecule is COc1ccc(CN(CC(F)(F)F)C(=O)c2csc(-c3ccc(OC)c(OC)c3)n2)cc1. The number of carbonyl (C=O) groups excluding carboxylic acids is 1. The molecule has 1 heterocycles. The summed E-state index contributed by atoms with van der Waals surface area (Å²) in [6.45, 7) is -1.60. The van der Waals surface area contributed by atoms with Gasteiger partial charge in [0.1, 0.15) is 23.0 Å². The summed E-state index contributed by atoms with van der Waals surface area (Å²) < 4.78 is 55.0. The van der Waals surface area contributed by atoms with Crippen molar-refractivity contribution in [1.29, 1.82) is 0 Å². The molecule has 6 nitrogen and oxygen atoms in total. The molecule has 2 aromatic carbocycles. The molecule has 0 N–H and O–H groups in total. The van der Waals surface area contributed by atoms with Crippen LogP contribution < -0.4 is 14.2 Å². The third-order valence-electron chi connectivity index (χ3n) is 4.54. The summed E-state index contributed by atoms with van der Waals surface area (Å²) in [5.41, 5.74) is 1.14. The van der Waals surface area contributed by atoms with Crippen molar-refractivity contribution >= 4 is 17.2 Å². The lowest BCUT2D eigenvalue weighted by atomic mass is 10.2. The van der Waals surface area contributed by atoms with Crippen LogP contribution in [-0.2, 0) is 6.54 Å². The normalized spacial score (nSPS) is 11.2. The Labute approximate surface area is 187 Å². The van der Waals surface area contributed by atoms with Gasteiger partial charge in [-0.2, -0.15) is 13.2 Å². The molecule has 0 aliphatic rings. The van der Waals surface area contributed by atoms with E-state index in [-0.39, 0.29) is 12.2 Å². The Balaban J connectivity index is 1.85. The van der Waals surface area contributed by atoms with Crippen molar-refractivity contribution in [3.8, 4) is 27.8 Å². The lowest BCUT2D eigenvalue weighted by Crippen LogP contribution is -2.38. The fraction of sp³-hybridized carbons (Fsp3) is 0.273. The number of amides is 1. The maximum Gasteiger partial charge on any atom is 0.406 e. The Hall–Kier alpha value is -3.27. The van der Waals surface area contributed by atoms with Gasteiger partial charge >= 0.3 is 6.18 Å². The number of halogens is 3. The highest BCUT2D eigenvalue weighted by Gasteiger charge is 2.34. The summed E-state index contributed by atoms with van der Waals surface area (Å²) in [6.07, 6.45) is -4.55. The van der Waals surface area contributed by atoms with Gasteiger partial charge in [-0.05, 0) is 35.9 Å². The van der Waals surface area contributed by atoms with E-state index in [1.807, 2.05) is 0 Å². The molecule has 3 aromatic rings. The van der Waals surface area contributed by atoms with Crippen LogP contribution in [0.5, 0.6) is 17.2 Å². The van der Waals surface area contributed by atoms with Gasteiger partial charge < -0.3 is 19.1 Å². The van der Waals surface area contributed by atoms with E-state index in [0.717, 1.165) is 16.2 Å². The summed E-state index contributed by atoms with van der Waals surface area (Å²) in [6, 6.07) is 11.6. The predicted molar refractivity (Wildman–Crippen MR) is 114 cm³/mol. The van der Waals surface area contributed by atoms with Crippen LogP contribution in [0.1, 0.15) is 16.1 Å². The van der Waals surface area contributed by atoms with Crippen molar-refractivity contribution in [2.45, 2.75) is 12.7 Å². The number of hydrogen-bond donors (Lipinski definition) is 0. The molecule has 0 unspecified atom stereocenters. The zero-order valence-electron chi connectivity index (χ0n) is 17.6. The van der Waals surface area contributed by atoms with E-state index < -0.39 is 18.6 Å². The van der Waals surface area contributed by atoms with Gasteiger partial charge in [-0.1, -0.05) is 12.1 Å². The number of methoxy groups -OCH3 is 3. The average molecular weight is 466 g/mol. The minimum atomic E-state index is -4.55. The third-order valence-corrected chi connectivity index (χ3v) is 5.44. The number of ether oxygens (including phenoxy) is 3. The third kappa shape index (κ3) is 5.70. The standard InChI is InChI=1S/C22H21F3N2O4S/c1-29-16-7-4-14(5-8-16)11-27(13-22(23,24)25)21(28)17-12-32-20(26-17)15-6-9-18(30-2)19(10-15)31-3/h4-10,12H,11,13H2,1-3H3. The topological polar surface area (TPSA) is 60.9 Å². The number of nitrogens with zero attached hydrogens (tertiary/aromatic N) is 2. The number of aromatic nitrogens is 1. The summed E-state index contributed by atoms with van der Waals surface area (Å²) in [7, 11) is 4.50. The van der Waals surface area contributed by atoms with Crippen LogP contribution in [0.4, 0.5) is 13.2 Å². The molecule has 0 aliphatic carbocycles. The first kappa shape index (κ1) is 23.4. The summed E-state index contributed by atoms with van der Waals surface area (Å²) >= 11 is 1.16. The molecule has 0 spiro atoms. The number of benzene rings is 2. The molecule has 3 rings (SSSR count). The highest BCUT2D eigenvalue weighted by molar-refractivity contribution is 7.13. The molecule has 1 amide bonds. The first-order valence-electron chi connectivity index (χ1n) is 9.41. The number of thiazole rings is 1. The first-order chi connectivity index (χ1) is 15.2. The quantitative estimate of drug-likeness (QED) is 0.466. The van der Waals surface area contributed by atoms with Gasteiger partial charge in [0.25, 0.3) is 5.91 Å². The number of hydrogen-bond acceptors (Lipinski definition) is 6. The van der Waals surface area contributed by atoms with Gasteiger partial charge in [0.05, 0.1) is 21.3 Å². The van der Waals surface area contributed by atoms with Crippen LogP contribution in [0.2, 0.25) is 0 Å². The average Bonchev–Trinajstić information content (AvgIpc) is 3.27. The van der Waals surface area contributed by atoms with Gasteiger partial charge in [0, 0.05) is 17.5 Å². The minimum Gasteiger partial charge on any atom is -0.497 e. The van der Waals surface area contributed by atoms with Gasteiger partial charge in [0.2, 0.25) is 0 Å².